The van der Waals surface area contributed by atoms with Crippen LogP contribution < -0.4 is 14.8 Å². The second-order valence-electron chi connectivity index (χ2n) is 7.96. The first-order chi connectivity index (χ1) is 17.2. The molecule has 0 saturated carbocycles. The number of methoxy groups -OCH3 is 2. The van der Waals surface area contributed by atoms with E-state index in [1.807, 2.05) is 0 Å². The summed E-state index contributed by atoms with van der Waals surface area (Å²) < 4.78 is 43.6. The van der Waals surface area contributed by atoms with Gasteiger partial charge in [0.25, 0.3) is 0 Å². The van der Waals surface area contributed by atoms with Gasteiger partial charge in [-0.05, 0) is 37.6 Å². The number of aromatic nitrogens is 1. The lowest BCUT2D eigenvalue weighted by atomic mass is 9.86. The number of pyridine rings is 1. The van der Waals surface area contributed by atoms with Crippen LogP contribution in [0.5, 0.6) is 17.2 Å². The highest BCUT2D eigenvalue weighted by Gasteiger charge is 2.30. The first-order valence-electron chi connectivity index (χ1n) is 11.0. The third-order valence-corrected chi connectivity index (χ3v) is 5.87. The number of nitrogens with one attached hydrogen (secondary N) is 1. The number of benzene rings is 2. The molecule has 0 amide bonds. The van der Waals surface area contributed by atoms with Crippen molar-refractivity contribution in [1.29, 1.82) is 0 Å². The lowest BCUT2D eigenvalue weighted by Crippen LogP contribution is -2.41. The quantitative estimate of drug-likeness (QED) is 0.318. The Morgan fingerprint density at radius 3 is 2.28 bits per heavy atom. The van der Waals surface area contributed by atoms with E-state index in [2.05, 4.69) is 10.3 Å². The highest BCUT2D eigenvalue weighted by Crippen LogP contribution is 2.36. The maximum atomic E-state index is 13.8. The average molecular weight is 517 g/mol. The molecule has 0 aliphatic carbocycles. The molecule has 0 spiro atoms. The van der Waals surface area contributed by atoms with Gasteiger partial charge < -0.3 is 24.6 Å². The minimum atomic E-state index is -0.906. The predicted molar refractivity (Wildman–Crippen MR) is 134 cm³/mol. The molecule has 0 radical (unpaired) electrons. The van der Waals surface area contributed by atoms with Crippen LogP contribution >= 0.6 is 12.2 Å². The Bertz CT molecular complexity index is 1240. The molecule has 7 nitrogen and oxygen atoms in total. The van der Waals surface area contributed by atoms with Gasteiger partial charge in [0, 0.05) is 29.8 Å². The van der Waals surface area contributed by atoms with Crippen molar-refractivity contribution in [3.63, 3.8) is 0 Å². The minimum absolute atomic E-state index is 0.0267. The number of carbonyl (C=O) groups excluding carboxylic acids is 1. The molecule has 3 atom stereocenters. The highest BCUT2D eigenvalue weighted by molar-refractivity contribution is 7.80. The standard InChI is InChI=1S/C26H26F2N2O5S/c1-14(30-25(36)23-24(31)20(33-3)11-12-29-23)26(32)35-15(2)22(16-5-7-17(27)8-6-16)19-10-9-18(28)13-21(19)34-4/h5-15,22,31H,1-4H3,(H,30,36)/t14-,15-,22+/m0/s1. The van der Waals surface area contributed by atoms with E-state index in [9.17, 15) is 18.7 Å². The Morgan fingerprint density at radius 2 is 1.64 bits per heavy atom. The van der Waals surface area contributed by atoms with Crippen molar-refractivity contribution in [3.05, 3.63) is 83.2 Å². The molecule has 0 fully saturated rings. The molecule has 3 rings (SSSR count). The van der Waals surface area contributed by atoms with Gasteiger partial charge >= 0.3 is 5.97 Å². The van der Waals surface area contributed by atoms with E-state index in [0.29, 0.717) is 11.1 Å². The van der Waals surface area contributed by atoms with Gasteiger partial charge in [-0.2, -0.15) is 0 Å². The summed E-state index contributed by atoms with van der Waals surface area (Å²) in [6.45, 7) is 3.22. The Kier molecular flexibility index (Phi) is 8.76. The summed E-state index contributed by atoms with van der Waals surface area (Å²) in [7, 11) is 2.80. The van der Waals surface area contributed by atoms with Gasteiger partial charge in [-0.15, -0.1) is 0 Å². The average Bonchev–Trinajstić information content (AvgIpc) is 2.86. The van der Waals surface area contributed by atoms with Crippen LogP contribution in [0.4, 0.5) is 8.78 Å². The zero-order valence-corrected chi connectivity index (χ0v) is 20.9. The molecule has 190 valence electrons. The number of esters is 1. The van der Waals surface area contributed by atoms with Crippen LogP contribution in [-0.4, -0.2) is 47.4 Å². The SMILES string of the molecule is COc1cc(F)ccc1[C@@H](c1ccc(F)cc1)[C@H](C)OC(=O)[C@H](C)NC(=S)c1nccc(OC)c1O. The Hall–Kier alpha value is -3.79. The first-order valence-corrected chi connectivity index (χ1v) is 11.4. The summed E-state index contributed by atoms with van der Waals surface area (Å²) >= 11 is 5.30. The Balaban J connectivity index is 1.82. The number of carbonyl (C=O) groups is 1. The van der Waals surface area contributed by atoms with Crippen molar-refractivity contribution in [3.8, 4) is 17.2 Å². The fourth-order valence-corrected chi connectivity index (χ4v) is 4.09. The molecule has 2 N–H and O–H groups in total. The van der Waals surface area contributed by atoms with Crippen molar-refractivity contribution < 1.29 is 32.9 Å². The van der Waals surface area contributed by atoms with E-state index < -0.39 is 35.7 Å². The van der Waals surface area contributed by atoms with Gasteiger partial charge in [0.05, 0.1) is 14.2 Å². The zero-order valence-electron chi connectivity index (χ0n) is 20.1. The van der Waals surface area contributed by atoms with Crippen molar-refractivity contribution in [2.24, 2.45) is 0 Å². The van der Waals surface area contributed by atoms with Crippen LogP contribution in [0.3, 0.4) is 0 Å². The molecule has 0 aliphatic rings. The van der Waals surface area contributed by atoms with Crippen molar-refractivity contribution >= 4 is 23.2 Å². The maximum Gasteiger partial charge on any atom is 0.328 e. The largest absolute Gasteiger partial charge is 0.503 e. The molecule has 0 aliphatic heterocycles. The molecule has 2 aromatic carbocycles. The predicted octanol–water partition coefficient (Wildman–Crippen LogP) is 4.50. The summed E-state index contributed by atoms with van der Waals surface area (Å²) in [6.07, 6.45) is 0.652. The minimum Gasteiger partial charge on any atom is -0.503 e. The monoisotopic (exact) mass is 516 g/mol. The topological polar surface area (TPSA) is 89.9 Å². The molecule has 0 saturated heterocycles. The van der Waals surface area contributed by atoms with Gasteiger partial charge in [0.15, 0.2) is 11.5 Å². The van der Waals surface area contributed by atoms with Gasteiger partial charge in [-0.3, -0.25) is 0 Å². The summed E-state index contributed by atoms with van der Waals surface area (Å²) in [4.78, 5) is 17.0. The molecular formula is C26H26F2N2O5S. The van der Waals surface area contributed by atoms with Crippen molar-refractivity contribution in [2.75, 3.05) is 14.2 Å². The second kappa shape index (κ2) is 11.8. The van der Waals surface area contributed by atoms with Crippen LogP contribution in [0.25, 0.3) is 0 Å². The molecule has 10 heteroatoms. The number of nitrogens with zero attached hydrogens (tertiary/aromatic N) is 1. The number of thiocarbonyl (C=S) groups is 1. The Labute approximate surface area is 213 Å². The number of ether oxygens (including phenoxy) is 3. The molecule has 1 aromatic heterocycles. The molecule has 0 bridgehead atoms. The van der Waals surface area contributed by atoms with E-state index in [4.69, 9.17) is 26.4 Å². The second-order valence-corrected chi connectivity index (χ2v) is 8.37. The lowest BCUT2D eigenvalue weighted by Gasteiger charge is -2.28. The van der Waals surface area contributed by atoms with Crippen LogP contribution in [0.1, 0.15) is 36.6 Å². The van der Waals surface area contributed by atoms with Gasteiger partial charge in [-0.1, -0.05) is 30.4 Å². The molecule has 3 aromatic rings. The van der Waals surface area contributed by atoms with E-state index >= 15 is 0 Å². The van der Waals surface area contributed by atoms with Crippen LogP contribution in [-0.2, 0) is 9.53 Å². The summed E-state index contributed by atoms with van der Waals surface area (Å²) in [6, 6.07) is 10.3. The smallest absolute Gasteiger partial charge is 0.328 e. The number of hydrogen-bond acceptors (Lipinski definition) is 7. The molecule has 1 heterocycles. The van der Waals surface area contributed by atoms with E-state index in [-0.39, 0.29) is 27.9 Å². The third-order valence-electron chi connectivity index (χ3n) is 5.55. The summed E-state index contributed by atoms with van der Waals surface area (Å²) in [5.74, 6) is -1.95. The summed E-state index contributed by atoms with van der Waals surface area (Å²) in [5, 5.41) is 13.1. The van der Waals surface area contributed by atoms with Crippen LogP contribution in [0.15, 0.2) is 54.7 Å². The Morgan fingerprint density at radius 1 is 1.00 bits per heavy atom. The first kappa shape index (κ1) is 26.8. The lowest BCUT2D eigenvalue weighted by molar-refractivity contribution is -0.150. The highest BCUT2D eigenvalue weighted by atomic mass is 32.1. The zero-order chi connectivity index (χ0) is 26.4. The third kappa shape index (κ3) is 6.06. The van der Waals surface area contributed by atoms with Gasteiger partial charge in [-0.25, -0.2) is 18.6 Å². The fraction of sp³-hybridized carbons (Fsp3) is 0.269. The molecule has 36 heavy (non-hydrogen) atoms. The van der Waals surface area contributed by atoms with Gasteiger partial charge in [0.1, 0.15) is 40.2 Å². The fourth-order valence-electron chi connectivity index (χ4n) is 3.76. The van der Waals surface area contributed by atoms with E-state index in [1.54, 1.807) is 32.0 Å². The number of rotatable bonds is 9. The van der Waals surface area contributed by atoms with Crippen LogP contribution in [0, 0.1) is 11.6 Å². The normalized spacial score (nSPS) is 13.3. The number of halogens is 2. The van der Waals surface area contributed by atoms with Crippen molar-refractivity contribution in [1.82, 2.24) is 10.3 Å². The van der Waals surface area contributed by atoms with Gasteiger partial charge in [0.2, 0.25) is 0 Å². The summed E-state index contributed by atoms with van der Waals surface area (Å²) in [5.41, 5.74) is 1.26. The maximum absolute atomic E-state index is 13.8. The van der Waals surface area contributed by atoms with E-state index in [0.717, 1.165) is 0 Å². The van der Waals surface area contributed by atoms with Crippen LogP contribution in [0.2, 0.25) is 0 Å². The number of aromatic hydroxyl groups is 1. The van der Waals surface area contributed by atoms with E-state index in [1.165, 1.54) is 50.7 Å². The molecular weight excluding hydrogens is 490 g/mol. The number of hydrogen-bond donors (Lipinski definition) is 2. The molecule has 0 unspecified atom stereocenters. The van der Waals surface area contributed by atoms with Crippen molar-refractivity contribution in [2.45, 2.75) is 31.9 Å².